The van der Waals surface area contributed by atoms with Gasteiger partial charge in [-0.1, -0.05) is 6.07 Å². The molecule has 0 aliphatic carbocycles. The molecule has 0 bridgehead atoms. The fourth-order valence-corrected chi connectivity index (χ4v) is 2.18. The van der Waals surface area contributed by atoms with Crippen LogP contribution in [-0.2, 0) is 6.54 Å². The number of hydrogen-bond acceptors (Lipinski definition) is 3. The van der Waals surface area contributed by atoms with Gasteiger partial charge in [0.15, 0.2) is 5.96 Å². The van der Waals surface area contributed by atoms with E-state index in [1.165, 1.54) is 0 Å². The van der Waals surface area contributed by atoms with E-state index in [1.54, 1.807) is 13.2 Å². The lowest BCUT2D eigenvalue weighted by Crippen LogP contribution is -2.39. The van der Waals surface area contributed by atoms with E-state index >= 15 is 0 Å². The van der Waals surface area contributed by atoms with Crippen molar-refractivity contribution in [3.63, 3.8) is 0 Å². The fraction of sp³-hybridized carbons (Fsp3) is 0.412. The van der Waals surface area contributed by atoms with Gasteiger partial charge in [-0.2, -0.15) is 0 Å². The number of hydrogen-bond donors (Lipinski definition) is 3. The van der Waals surface area contributed by atoms with Crippen molar-refractivity contribution in [3.05, 3.63) is 48.9 Å². The molecule has 0 aromatic carbocycles. The quantitative estimate of drug-likeness (QED) is 0.242. The number of halogens is 1. The van der Waals surface area contributed by atoms with Gasteiger partial charge in [0.25, 0.3) is 0 Å². The molecule has 132 valence electrons. The van der Waals surface area contributed by atoms with E-state index in [4.69, 9.17) is 0 Å². The topological polar surface area (TPSA) is 66.3 Å². The van der Waals surface area contributed by atoms with Crippen molar-refractivity contribution >= 4 is 35.8 Å². The lowest BCUT2D eigenvalue weighted by molar-refractivity contribution is 0.657. The molecule has 0 aliphatic rings. The van der Waals surface area contributed by atoms with Gasteiger partial charge in [0.2, 0.25) is 0 Å². The molecule has 24 heavy (non-hydrogen) atoms. The van der Waals surface area contributed by atoms with Crippen LogP contribution < -0.4 is 16.0 Å². The SMILES string of the molecule is CN=C(NCCCCNc1ccccn1)NCCn1cccc1.I. The molecule has 0 unspecified atom stereocenters. The lowest BCUT2D eigenvalue weighted by Gasteiger charge is -2.12. The fourth-order valence-electron chi connectivity index (χ4n) is 2.18. The summed E-state index contributed by atoms with van der Waals surface area (Å²) >= 11 is 0. The van der Waals surface area contributed by atoms with Crippen LogP contribution in [0.2, 0.25) is 0 Å². The second-order valence-electron chi connectivity index (χ2n) is 5.20. The number of unbranched alkanes of at least 4 members (excludes halogenated alkanes) is 1. The summed E-state index contributed by atoms with van der Waals surface area (Å²) in [5.41, 5.74) is 0. The second-order valence-corrected chi connectivity index (χ2v) is 5.20. The molecule has 0 saturated heterocycles. The lowest BCUT2D eigenvalue weighted by atomic mass is 10.3. The molecule has 0 radical (unpaired) electrons. The van der Waals surface area contributed by atoms with E-state index in [0.717, 1.165) is 50.8 Å². The zero-order valence-corrected chi connectivity index (χ0v) is 16.4. The first kappa shape index (κ1) is 20.3. The molecule has 2 rings (SSSR count). The first-order valence-electron chi connectivity index (χ1n) is 8.08. The average molecular weight is 442 g/mol. The van der Waals surface area contributed by atoms with Crippen LogP contribution in [0.5, 0.6) is 0 Å². The molecule has 0 aliphatic heterocycles. The van der Waals surface area contributed by atoms with Crippen LogP contribution in [0.25, 0.3) is 0 Å². The highest BCUT2D eigenvalue weighted by atomic mass is 127. The van der Waals surface area contributed by atoms with Crippen molar-refractivity contribution in [3.8, 4) is 0 Å². The molecule has 0 fully saturated rings. The summed E-state index contributed by atoms with van der Waals surface area (Å²) in [7, 11) is 1.80. The summed E-state index contributed by atoms with van der Waals surface area (Å²) in [6, 6.07) is 9.96. The summed E-state index contributed by atoms with van der Waals surface area (Å²) in [5, 5.41) is 9.96. The summed E-state index contributed by atoms with van der Waals surface area (Å²) in [4.78, 5) is 8.47. The minimum atomic E-state index is 0. The maximum Gasteiger partial charge on any atom is 0.191 e. The number of pyridine rings is 1. The highest BCUT2D eigenvalue weighted by Gasteiger charge is 1.97. The smallest absolute Gasteiger partial charge is 0.191 e. The van der Waals surface area contributed by atoms with Gasteiger partial charge < -0.3 is 20.5 Å². The minimum absolute atomic E-state index is 0. The maximum absolute atomic E-state index is 4.24. The van der Waals surface area contributed by atoms with Crippen LogP contribution in [0, 0.1) is 0 Å². The van der Waals surface area contributed by atoms with Crippen molar-refractivity contribution in [1.29, 1.82) is 0 Å². The molecular formula is C17H27IN6. The van der Waals surface area contributed by atoms with Crippen LogP contribution in [0.3, 0.4) is 0 Å². The van der Waals surface area contributed by atoms with E-state index in [2.05, 4.69) is 42.9 Å². The van der Waals surface area contributed by atoms with Crippen molar-refractivity contribution in [2.45, 2.75) is 19.4 Å². The summed E-state index contributed by atoms with van der Waals surface area (Å²) < 4.78 is 2.14. The predicted molar refractivity (Wildman–Crippen MR) is 111 cm³/mol. The molecule has 2 heterocycles. The van der Waals surface area contributed by atoms with Crippen LogP contribution in [-0.4, -0.2) is 42.2 Å². The Morgan fingerprint density at radius 3 is 2.50 bits per heavy atom. The summed E-state index contributed by atoms with van der Waals surface area (Å²) in [6.07, 6.45) is 8.09. The van der Waals surface area contributed by atoms with Gasteiger partial charge in [0.1, 0.15) is 5.82 Å². The monoisotopic (exact) mass is 442 g/mol. The van der Waals surface area contributed by atoms with Gasteiger partial charge >= 0.3 is 0 Å². The van der Waals surface area contributed by atoms with Gasteiger partial charge in [-0.05, 0) is 37.1 Å². The van der Waals surface area contributed by atoms with Gasteiger partial charge in [0, 0.05) is 51.8 Å². The van der Waals surface area contributed by atoms with E-state index in [9.17, 15) is 0 Å². The Morgan fingerprint density at radius 1 is 1.04 bits per heavy atom. The minimum Gasteiger partial charge on any atom is -0.370 e. The van der Waals surface area contributed by atoms with E-state index in [0.29, 0.717) is 0 Å². The maximum atomic E-state index is 4.24. The molecule has 2 aromatic heterocycles. The summed E-state index contributed by atoms with van der Waals surface area (Å²) in [5.74, 6) is 1.79. The number of guanidine groups is 1. The Hall–Kier alpha value is -1.77. The molecule has 6 nitrogen and oxygen atoms in total. The van der Waals surface area contributed by atoms with Crippen molar-refractivity contribution in [2.24, 2.45) is 4.99 Å². The highest BCUT2D eigenvalue weighted by Crippen LogP contribution is 2.00. The Balaban J connectivity index is 0.00000288. The molecule has 0 spiro atoms. The van der Waals surface area contributed by atoms with Gasteiger partial charge in [-0.15, -0.1) is 24.0 Å². The number of anilines is 1. The second kappa shape index (κ2) is 12.6. The Bertz CT molecular complexity index is 556. The molecule has 0 atom stereocenters. The van der Waals surface area contributed by atoms with Crippen molar-refractivity contribution in [2.75, 3.05) is 32.0 Å². The largest absolute Gasteiger partial charge is 0.370 e. The third kappa shape index (κ3) is 8.19. The number of nitrogens with one attached hydrogen (secondary N) is 3. The number of nitrogens with zero attached hydrogens (tertiary/aromatic N) is 3. The highest BCUT2D eigenvalue weighted by molar-refractivity contribution is 14.0. The predicted octanol–water partition coefficient (Wildman–Crippen LogP) is 2.56. The molecule has 0 amide bonds. The van der Waals surface area contributed by atoms with Crippen LogP contribution >= 0.6 is 24.0 Å². The number of aliphatic imine (C=N–C) groups is 1. The van der Waals surface area contributed by atoms with Gasteiger partial charge in [-0.25, -0.2) is 4.98 Å². The summed E-state index contributed by atoms with van der Waals surface area (Å²) in [6.45, 7) is 3.63. The van der Waals surface area contributed by atoms with Gasteiger partial charge in [-0.3, -0.25) is 4.99 Å². The third-order valence-electron chi connectivity index (χ3n) is 3.42. The molecule has 0 saturated carbocycles. The molecular weight excluding hydrogens is 415 g/mol. The third-order valence-corrected chi connectivity index (χ3v) is 3.42. The van der Waals surface area contributed by atoms with Crippen LogP contribution in [0.4, 0.5) is 5.82 Å². The van der Waals surface area contributed by atoms with Crippen LogP contribution in [0.15, 0.2) is 53.9 Å². The van der Waals surface area contributed by atoms with Crippen LogP contribution in [0.1, 0.15) is 12.8 Å². The number of rotatable bonds is 9. The standard InChI is InChI=1S/C17H26N6.HI/c1-18-17(22-12-15-23-13-6-7-14-23)21-11-5-4-10-20-16-8-2-3-9-19-16;/h2-3,6-9,13-14H,4-5,10-12,15H2,1H3,(H,19,20)(H2,18,21,22);1H. The zero-order chi connectivity index (χ0) is 16.2. The number of aromatic nitrogens is 2. The zero-order valence-electron chi connectivity index (χ0n) is 14.1. The normalized spacial score (nSPS) is 10.8. The van der Waals surface area contributed by atoms with E-state index in [-0.39, 0.29) is 24.0 Å². The van der Waals surface area contributed by atoms with Gasteiger partial charge in [0.05, 0.1) is 0 Å². The Morgan fingerprint density at radius 2 is 1.79 bits per heavy atom. The van der Waals surface area contributed by atoms with Crippen molar-refractivity contribution < 1.29 is 0 Å². The first-order valence-corrected chi connectivity index (χ1v) is 8.08. The average Bonchev–Trinajstić information content (AvgIpc) is 3.10. The Labute approximate surface area is 161 Å². The van der Waals surface area contributed by atoms with Crippen molar-refractivity contribution in [1.82, 2.24) is 20.2 Å². The Kier molecular flexibility index (Phi) is 10.7. The van der Waals surface area contributed by atoms with E-state index < -0.39 is 0 Å². The first-order chi connectivity index (χ1) is 11.4. The van der Waals surface area contributed by atoms with E-state index in [1.807, 2.05) is 30.3 Å². The molecule has 3 N–H and O–H groups in total. The molecule has 2 aromatic rings. The molecule has 7 heteroatoms.